The third kappa shape index (κ3) is 3.07. The van der Waals surface area contributed by atoms with Crippen molar-refractivity contribution < 1.29 is 8.42 Å². The second-order valence-corrected chi connectivity index (χ2v) is 7.80. The molecule has 8 heteroatoms. The number of thiophene rings is 1. The molecule has 0 bridgehead atoms. The zero-order valence-corrected chi connectivity index (χ0v) is 13.1. The van der Waals surface area contributed by atoms with Gasteiger partial charge in [0.05, 0.1) is 6.54 Å². The van der Waals surface area contributed by atoms with Crippen LogP contribution in [0.5, 0.6) is 0 Å². The van der Waals surface area contributed by atoms with Crippen LogP contribution in [-0.2, 0) is 22.8 Å². The van der Waals surface area contributed by atoms with Crippen LogP contribution in [-0.4, -0.2) is 19.0 Å². The van der Waals surface area contributed by atoms with Crippen molar-refractivity contribution in [1.29, 1.82) is 0 Å². The maximum atomic E-state index is 11.7. The molecule has 19 heavy (non-hydrogen) atoms. The Bertz CT molecular complexity index is 673. The van der Waals surface area contributed by atoms with E-state index in [1.165, 1.54) is 10.4 Å². The lowest BCUT2D eigenvalue weighted by atomic mass is 10.2. The highest BCUT2D eigenvalue weighted by Crippen LogP contribution is 2.32. The van der Waals surface area contributed by atoms with Crippen molar-refractivity contribution in [2.24, 2.45) is 0 Å². The zero-order valence-electron chi connectivity index (χ0n) is 10.6. The summed E-state index contributed by atoms with van der Waals surface area (Å²) in [5.74, 6) is 0.0666. The molecule has 2 aromatic heterocycles. The third-order valence-electron chi connectivity index (χ3n) is 2.67. The number of hydrogen-bond donors (Lipinski definition) is 2. The van der Waals surface area contributed by atoms with E-state index < -0.39 is 9.84 Å². The van der Waals surface area contributed by atoms with E-state index in [4.69, 9.17) is 5.73 Å². The number of anilines is 2. The van der Waals surface area contributed by atoms with Gasteiger partial charge in [-0.25, -0.2) is 8.42 Å². The van der Waals surface area contributed by atoms with E-state index >= 15 is 0 Å². The molecule has 0 unspecified atom stereocenters. The predicted octanol–water partition coefficient (Wildman–Crippen LogP) is 2.36. The maximum Gasteiger partial charge on any atom is 0.182 e. The van der Waals surface area contributed by atoms with E-state index in [0.29, 0.717) is 11.5 Å². The normalized spacial score (nSPS) is 11.7. The first-order chi connectivity index (χ1) is 8.93. The number of nitrogen functional groups attached to an aromatic ring is 1. The van der Waals surface area contributed by atoms with E-state index in [1.54, 1.807) is 11.3 Å². The number of nitrogens with one attached hydrogen (secondary N) is 1. The Balaban J connectivity index is 2.22. The summed E-state index contributed by atoms with van der Waals surface area (Å²) in [4.78, 5) is 1.31. The van der Waals surface area contributed by atoms with Crippen LogP contribution < -0.4 is 11.1 Å². The molecule has 0 aromatic carbocycles. The minimum atomic E-state index is -3.36. The SMILES string of the molecule is CCc1ccsc1CNc1snc(N)c1S(C)(=O)=O. The third-order valence-corrected chi connectivity index (χ3v) is 5.74. The molecule has 0 saturated heterocycles. The van der Waals surface area contributed by atoms with E-state index in [0.717, 1.165) is 24.2 Å². The fourth-order valence-electron chi connectivity index (χ4n) is 1.76. The van der Waals surface area contributed by atoms with Gasteiger partial charge in [-0.3, -0.25) is 0 Å². The van der Waals surface area contributed by atoms with Crippen LogP contribution in [0.3, 0.4) is 0 Å². The Morgan fingerprint density at radius 3 is 2.84 bits per heavy atom. The molecule has 0 aliphatic carbocycles. The number of sulfone groups is 1. The minimum absolute atomic E-state index is 0.0666. The summed E-state index contributed by atoms with van der Waals surface area (Å²) in [6.07, 6.45) is 2.10. The molecule has 0 spiro atoms. The molecule has 0 aliphatic heterocycles. The van der Waals surface area contributed by atoms with Crippen LogP contribution >= 0.6 is 22.9 Å². The van der Waals surface area contributed by atoms with Gasteiger partial charge < -0.3 is 11.1 Å². The second-order valence-electron chi connectivity index (χ2n) is 4.07. The van der Waals surface area contributed by atoms with Crippen LogP contribution in [0.25, 0.3) is 0 Å². The van der Waals surface area contributed by atoms with Gasteiger partial charge in [0.2, 0.25) is 0 Å². The highest BCUT2D eigenvalue weighted by atomic mass is 32.2. The largest absolute Gasteiger partial charge is 0.382 e. The molecule has 2 aromatic rings. The van der Waals surface area contributed by atoms with Gasteiger partial charge in [0.1, 0.15) is 9.90 Å². The van der Waals surface area contributed by atoms with Crippen molar-refractivity contribution in [2.45, 2.75) is 24.8 Å². The van der Waals surface area contributed by atoms with Crippen molar-refractivity contribution in [3.8, 4) is 0 Å². The molecule has 0 aliphatic rings. The molecule has 0 amide bonds. The highest BCUT2D eigenvalue weighted by molar-refractivity contribution is 7.91. The number of aryl methyl sites for hydroxylation is 1. The fourth-order valence-corrected chi connectivity index (χ4v) is 4.74. The van der Waals surface area contributed by atoms with E-state index in [-0.39, 0.29) is 10.7 Å². The monoisotopic (exact) mass is 317 g/mol. The summed E-state index contributed by atoms with van der Waals surface area (Å²) in [5, 5.41) is 5.67. The molecule has 0 saturated carbocycles. The van der Waals surface area contributed by atoms with Crippen LogP contribution in [0.15, 0.2) is 16.3 Å². The molecule has 0 radical (unpaired) electrons. The van der Waals surface area contributed by atoms with Gasteiger partial charge in [0.15, 0.2) is 15.7 Å². The first kappa shape index (κ1) is 14.3. The molecule has 0 atom stereocenters. The lowest BCUT2D eigenvalue weighted by Crippen LogP contribution is -2.05. The van der Waals surface area contributed by atoms with Crippen molar-refractivity contribution in [2.75, 3.05) is 17.3 Å². The van der Waals surface area contributed by atoms with Gasteiger partial charge in [0, 0.05) is 11.1 Å². The molecule has 5 nitrogen and oxygen atoms in total. The van der Waals surface area contributed by atoms with Gasteiger partial charge in [0.25, 0.3) is 0 Å². The Labute approximate surface area is 120 Å². The standard InChI is InChI=1S/C11H15N3O2S3/c1-3-7-4-5-17-8(7)6-13-11-9(19(2,15)16)10(12)14-18-11/h4-5,13H,3,6H2,1-2H3,(H2,12,14). The number of nitrogens with zero attached hydrogens (tertiary/aromatic N) is 1. The first-order valence-corrected chi connectivity index (χ1v) is 9.22. The lowest BCUT2D eigenvalue weighted by Gasteiger charge is -2.06. The van der Waals surface area contributed by atoms with Gasteiger partial charge in [-0.2, -0.15) is 4.37 Å². The van der Waals surface area contributed by atoms with Gasteiger partial charge in [-0.1, -0.05) is 6.92 Å². The zero-order chi connectivity index (χ0) is 14.0. The molecular formula is C11H15N3O2S3. The molecule has 2 rings (SSSR count). The highest BCUT2D eigenvalue weighted by Gasteiger charge is 2.21. The molecular weight excluding hydrogens is 302 g/mol. The Kier molecular flexibility index (Phi) is 4.12. The van der Waals surface area contributed by atoms with Gasteiger partial charge in [-0.15, -0.1) is 11.3 Å². The average molecular weight is 317 g/mol. The van der Waals surface area contributed by atoms with Crippen molar-refractivity contribution in [3.05, 3.63) is 21.9 Å². The Morgan fingerprint density at radius 2 is 2.21 bits per heavy atom. The summed E-state index contributed by atoms with van der Waals surface area (Å²) < 4.78 is 27.2. The topological polar surface area (TPSA) is 85.1 Å². The average Bonchev–Trinajstić information content (AvgIpc) is 2.91. The van der Waals surface area contributed by atoms with E-state index in [9.17, 15) is 8.42 Å². The number of aromatic nitrogens is 1. The Morgan fingerprint density at radius 1 is 1.47 bits per heavy atom. The molecule has 3 N–H and O–H groups in total. The second kappa shape index (κ2) is 5.48. The minimum Gasteiger partial charge on any atom is -0.382 e. The van der Waals surface area contributed by atoms with Gasteiger partial charge >= 0.3 is 0 Å². The summed E-state index contributed by atoms with van der Waals surface area (Å²) in [6, 6.07) is 2.08. The molecule has 0 fully saturated rings. The van der Waals surface area contributed by atoms with E-state index in [2.05, 4.69) is 22.7 Å². The van der Waals surface area contributed by atoms with E-state index in [1.807, 2.05) is 5.38 Å². The first-order valence-electron chi connectivity index (χ1n) is 5.67. The van der Waals surface area contributed by atoms with Gasteiger partial charge in [-0.05, 0) is 35.0 Å². The predicted molar refractivity (Wildman–Crippen MR) is 80.7 cm³/mol. The number of hydrogen-bond acceptors (Lipinski definition) is 7. The van der Waals surface area contributed by atoms with Crippen LogP contribution in [0.1, 0.15) is 17.4 Å². The van der Waals surface area contributed by atoms with Crippen LogP contribution in [0, 0.1) is 0 Å². The fraction of sp³-hybridized carbons (Fsp3) is 0.364. The summed E-state index contributed by atoms with van der Waals surface area (Å²) in [7, 11) is -3.36. The quantitative estimate of drug-likeness (QED) is 0.884. The summed E-state index contributed by atoms with van der Waals surface area (Å²) in [6.45, 7) is 2.68. The maximum absolute atomic E-state index is 11.7. The summed E-state index contributed by atoms with van der Waals surface area (Å²) in [5.41, 5.74) is 6.89. The van der Waals surface area contributed by atoms with Crippen molar-refractivity contribution >= 4 is 43.5 Å². The lowest BCUT2D eigenvalue weighted by molar-refractivity contribution is 0.602. The van der Waals surface area contributed by atoms with Crippen LogP contribution in [0.2, 0.25) is 0 Å². The van der Waals surface area contributed by atoms with Crippen LogP contribution in [0.4, 0.5) is 10.8 Å². The van der Waals surface area contributed by atoms with Crippen molar-refractivity contribution in [1.82, 2.24) is 4.37 Å². The molecule has 2 heterocycles. The number of rotatable bonds is 5. The Hall–Kier alpha value is -1.12. The molecule has 104 valence electrons. The number of nitrogens with two attached hydrogens (primary N) is 1. The smallest absolute Gasteiger partial charge is 0.182 e. The van der Waals surface area contributed by atoms with Crippen molar-refractivity contribution in [3.63, 3.8) is 0 Å². The summed E-state index contributed by atoms with van der Waals surface area (Å²) >= 11 is 2.73.